The van der Waals surface area contributed by atoms with Crippen LogP contribution >= 0.6 is 0 Å². The Balaban J connectivity index is 1.95. The highest BCUT2D eigenvalue weighted by Crippen LogP contribution is 2.39. The first-order valence-corrected chi connectivity index (χ1v) is 10.3. The average molecular weight is 447 g/mol. The predicted octanol–water partition coefficient (Wildman–Crippen LogP) is 3.83. The van der Waals surface area contributed by atoms with Gasteiger partial charge in [-0.1, -0.05) is 54.6 Å². The van der Waals surface area contributed by atoms with E-state index in [9.17, 15) is 19.7 Å². The summed E-state index contributed by atoms with van der Waals surface area (Å²) in [6, 6.07) is 15.6. The largest absolute Gasteiger partial charge is 0.466 e. The number of nitrogens with zero attached hydrogens (tertiary/aromatic N) is 1. The van der Waals surface area contributed by atoms with Gasteiger partial charge in [0.1, 0.15) is 0 Å². The molecule has 1 aliphatic rings. The number of non-ortho nitro benzene ring substituents is 1. The fraction of sp³-hybridized carbons (Fsp3) is 0.200. The molecule has 0 bridgehead atoms. The highest BCUT2D eigenvalue weighted by Gasteiger charge is 2.37. The number of hydrogen-bond acceptors (Lipinski definition) is 6. The third kappa shape index (κ3) is 5.35. The fourth-order valence-electron chi connectivity index (χ4n) is 3.83. The molecule has 3 rings (SSSR count). The monoisotopic (exact) mass is 447 g/mol. The normalized spacial score (nSPS) is 15.9. The number of nitro benzene ring substituents is 1. The van der Waals surface area contributed by atoms with E-state index in [0.717, 1.165) is 5.56 Å². The van der Waals surface area contributed by atoms with Crippen LogP contribution in [0.2, 0.25) is 0 Å². The molecular weight excluding hydrogens is 422 g/mol. The van der Waals surface area contributed by atoms with E-state index < -0.39 is 16.8 Å². The Hall–Kier alpha value is -4.20. The molecule has 1 unspecified atom stereocenters. The van der Waals surface area contributed by atoms with E-state index in [2.05, 4.69) is 10.6 Å². The second-order valence-electron chi connectivity index (χ2n) is 7.50. The van der Waals surface area contributed by atoms with Crippen molar-refractivity contribution in [2.24, 2.45) is 0 Å². The maximum atomic E-state index is 13.2. The number of methoxy groups -OCH3 is 1. The van der Waals surface area contributed by atoms with Gasteiger partial charge in [-0.05, 0) is 25.0 Å². The Morgan fingerprint density at radius 1 is 1.09 bits per heavy atom. The van der Waals surface area contributed by atoms with E-state index in [4.69, 9.17) is 4.74 Å². The Morgan fingerprint density at radius 3 is 2.45 bits per heavy atom. The zero-order valence-corrected chi connectivity index (χ0v) is 18.6. The molecule has 0 fully saturated rings. The molecule has 8 nitrogen and oxygen atoms in total. The number of hydrogen-bond donors (Lipinski definition) is 2. The molecule has 1 amide bonds. The van der Waals surface area contributed by atoms with Crippen molar-refractivity contribution in [3.63, 3.8) is 0 Å². The number of esters is 1. The number of benzene rings is 2. The zero-order valence-electron chi connectivity index (χ0n) is 18.6. The smallest absolute Gasteiger partial charge is 0.336 e. The summed E-state index contributed by atoms with van der Waals surface area (Å²) >= 11 is 0. The number of ether oxygens (including phenoxy) is 1. The minimum Gasteiger partial charge on any atom is -0.466 e. The van der Waals surface area contributed by atoms with Crippen LogP contribution < -0.4 is 10.6 Å². The SMILES string of the molecule is COC(=O)C1=C(C)NC(C)=C(C(=O)NCC=Cc2ccccc2)C1c1cccc([N+](=O)[O-])c1. The van der Waals surface area contributed by atoms with Gasteiger partial charge in [-0.2, -0.15) is 0 Å². The first-order chi connectivity index (χ1) is 15.8. The van der Waals surface area contributed by atoms with Crippen molar-refractivity contribution < 1.29 is 19.2 Å². The highest BCUT2D eigenvalue weighted by molar-refractivity contribution is 6.02. The number of allylic oxidation sites excluding steroid dienone is 2. The molecular formula is C25H25N3O5. The van der Waals surface area contributed by atoms with E-state index in [0.29, 0.717) is 22.5 Å². The molecule has 0 saturated heterocycles. The molecule has 33 heavy (non-hydrogen) atoms. The Bertz CT molecular complexity index is 1170. The van der Waals surface area contributed by atoms with Crippen molar-refractivity contribution in [2.45, 2.75) is 19.8 Å². The molecule has 2 aromatic rings. The van der Waals surface area contributed by atoms with Crippen LogP contribution in [0, 0.1) is 10.1 Å². The standard InChI is InChI=1S/C25H25N3O5/c1-16-21(24(29)26-14-8-11-18-9-5-4-6-10-18)23(22(17(2)27-16)25(30)33-3)19-12-7-13-20(15-19)28(31)32/h4-13,15,23,27H,14H2,1-3H3,(H,26,29). The quantitative estimate of drug-likeness (QED) is 0.379. The molecule has 0 aromatic heterocycles. The van der Waals surface area contributed by atoms with Crippen LogP contribution in [0.1, 0.15) is 30.9 Å². The molecule has 170 valence electrons. The van der Waals surface area contributed by atoms with E-state index in [1.165, 1.54) is 25.3 Å². The summed E-state index contributed by atoms with van der Waals surface area (Å²) in [7, 11) is 1.26. The van der Waals surface area contributed by atoms with Crippen LogP contribution in [-0.4, -0.2) is 30.5 Å². The van der Waals surface area contributed by atoms with Crippen molar-refractivity contribution in [1.29, 1.82) is 0 Å². The lowest BCUT2D eigenvalue weighted by Gasteiger charge is -2.30. The number of amides is 1. The van der Waals surface area contributed by atoms with Gasteiger partial charge >= 0.3 is 5.97 Å². The lowest BCUT2D eigenvalue weighted by molar-refractivity contribution is -0.384. The Labute approximate surface area is 191 Å². The molecule has 2 aromatic carbocycles. The lowest BCUT2D eigenvalue weighted by Crippen LogP contribution is -2.36. The summed E-state index contributed by atoms with van der Waals surface area (Å²) in [4.78, 5) is 36.7. The van der Waals surface area contributed by atoms with Crippen molar-refractivity contribution in [1.82, 2.24) is 10.6 Å². The average Bonchev–Trinajstić information content (AvgIpc) is 2.81. The molecule has 1 heterocycles. The predicted molar refractivity (Wildman–Crippen MR) is 125 cm³/mol. The number of carbonyl (C=O) groups is 2. The van der Waals surface area contributed by atoms with Gasteiger partial charge in [0.15, 0.2) is 0 Å². The molecule has 1 aliphatic heterocycles. The lowest BCUT2D eigenvalue weighted by atomic mass is 9.80. The summed E-state index contributed by atoms with van der Waals surface area (Å²) < 4.78 is 4.96. The summed E-state index contributed by atoms with van der Waals surface area (Å²) in [5.41, 5.74) is 2.94. The topological polar surface area (TPSA) is 111 Å². The molecule has 0 aliphatic carbocycles. The minimum atomic E-state index is -0.822. The van der Waals surface area contributed by atoms with Crippen LogP contribution in [0.4, 0.5) is 5.69 Å². The fourth-order valence-corrected chi connectivity index (χ4v) is 3.83. The number of nitrogens with one attached hydrogen (secondary N) is 2. The molecule has 0 radical (unpaired) electrons. The van der Waals surface area contributed by atoms with E-state index in [-0.39, 0.29) is 23.7 Å². The van der Waals surface area contributed by atoms with Gasteiger partial charge in [-0.15, -0.1) is 0 Å². The second-order valence-corrected chi connectivity index (χ2v) is 7.50. The maximum absolute atomic E-state index is 13.2. The first kappa shape index (κ1) is 23.5. The van der Waals surface area contributed by atoms with Gasteiger partial charge in [0, 0.05) is 35.6 Å². The van der Waals surface area contributed by atoms with E-state index in [1.807, 2.05) is 42.5 Å². The third-order valence-electron chi connectivity index (χ3n) is 5.32. The summed E-state index contributed by atoms with van der Waals surface area (Å²) in [5.74, 6) is -1.82. The van der Waals surface area contributed by atoms with Gasteiger partial charge in [-0.3, -0.25) is 14.9 Å². The van der Waals surface area contributed by atoms with Gasteiger partial charge in [0.2, 0.25) is 5.91 Å². The third-order valence-corrected chi connectivity index (χ3v) is 5.32. The van der Waals surface area contributed by atoms with Crippen LogP contribution in [-0.2, 0) is 14.3 Å². The summed E-state index contributed by atoms with van der Waals surface area (Å²) in [6.07, 6.45) is 3.71. The Kier molecular flexibility index (Phi) is 7.40. The Morgan fingerprint density at radius 2 is 1.79 bits per heavy atom. The first-order valence-electron chi connectivity index (χ1n) is 10.3. The van der Waals surface area contributed by atoms with Gasteiger partial charge in [0.25, 0.3) is 5.69 Å². The molecule has 8 heteroatoms. The zero-order chi connectivity index (χ0) is 24.0. The van der Waals surface area contributed by atoms with Crippen LogP contribution in [0.3, 0.4) is 0 Å². The summed E-state index contributed by atoms with van der Waals surface area (Å²) in [5, 5.41) is 17.3. The second kappa shape index (κ2) is 10.4. The molecule has 0 saturated carbocycles. The van der Waals surface area contributed by atoms with Gasteiger partial charge in [-0.25, -0.2) is 4.79 Å². The maximum Gasteiger partial charge on any atom is 0.336 e. The van der Waals surface area contributed by atoms with E-state index in [1.54, 1.807) is 19.9 Å². The highest BCUT2D eigenvalue weighted by atomic mass is 16.6. The number of carbonyl (C=O) groups excluding carboxylic acids is 2. The molecule has 0 spiro atoms. The number of dihydropyridines is 1. The number of nitro groups is 1. The van der Waals surface area contributed by atoms with Gasteiger partial charge < -0.3 is 15.4 Å². The van der Waals surface area contributed by atoms with Gasteiger partial charge in [0.05, 0.1) is 23.5 Å². The minimum absolute atomic E-state index is 0.129. The van der Waals surface area contributed by atoms with Crippen molar-refractivity contribution >= 4 is 23.6 Å². The van der Waals surface area contributed by atoms with Crippen molar-refractivity contribution in [2.75, 3.05) is 13.7 Å². The summed E-state index contributed by atoms with van der Waals surface area (Å²) in [6.45, 7) is 3.70. The van der Waals surface area contributed by atoms with Crippen molar-refractivity contribution in [3.8, 4) is 0 Å². The van der Waals surface area contributed by atoms with Crippen LogP contribution in [0.15, 0.2) is 83.2 Å². The molecule has 2 N–H and O–H groups in total. The van der Waals surface area contributed by atoms with Crippen molar-refractivity contribution in [3.05, 3.63) is 104 Å². The van der Waals surface area contributed by atoms with Crippen LogP contribution in [0.25, 0.3) is 6.08 Å². The van der Waals surface area contributed by atoms with E-state index >= 15 is 0 Å². The van der Waals surface area contributed by atoms with Crippen LogP contribution in [0.5, 0.6) is 0 Å². The number of rotatable bonds is 7. The molecule has 1 atom stereocenters.